The normalized spacial score (nSPS) is 12.2. The highest BCUT2D eigenvalue weighted by Crippen LogP contribution is 2.28. The summed E-state index contributed by atoms with van der Waals surface area (Å²) in [5.41, 5.74) is 1.14. The Morgan fingerprint density at radius 1 is 1.14 bits per heavy atom. The molecule has 0 fully saturated rings. The first-order chi connectivity index (χ1) is 10.2. The van der Waals surface area contributed by atoms with Crippen LogP contribution in [0.3, 0.4) is 0 Å². The van der Waals surface area contributed by atoms with Gasteiger partial charge in [0.15, 0.2) is 11.6 Å². The Hall–Kier alpha value is -1.94. The molecule has 21 heavy (non-hydrogen) atoms. The van der Waals surface area contributed by atoms with Crippen LogP contribution in [0.4, 0.5) is 8.78 Å². The van der Waals surface area contributed by atoms with Crippen LogP contribution in [0.1, 0.15) is 30.5 Å². The van der Waals surface area contributed by atoms with Crippen LogP contribution < -0.4 is 10.1 Å². The average Bonchev–Trinajstić information content (AvgIpc) is 2.52. The van der Waals surface area contributed by atoms with Gasteiger partial charge in [0, 0.05) is 5.56 Å². The first kappa shape index (κ1) is 15.4. The summed E-state index contributed by atoms with van der Waals surface area (Å²) in [6.07, 6.45) is 0.900. The van der Waals surface area contributed by atoms with E-state index in [0.29, 0.717) is 17.9 Å². The van der Waals surface area contributed by atoms with Crippen molar-refractivity contribution in [1.82, 2.24) is 5.32 Å². The van der Waals surface area contributed by atoms with E-state index >= 15 is 0 Å². The van der Waals surface area contributed by atoms with Gasteiger partial charge in [-0.3, -0.25) is 0 Å². The van der Waals surface area contributed by atoms with Gasteiger partial charge in [-0.25, -0.2) is 8.78 Å². The van der Waals surface area contributed by atoms with Crippen LogP contribution in [0, 0.1) is 11.6 Å². The van der Waals surface area contributed by atoms with Gasteiger partial charge in [-0.1, -0.05) is 31.2 Å². The number of halogens is 2. The lowest BCUT2D eigenvalue weighted by Gasteiger charge is -2.21. The number of hydrogen-bond donors (Lipinski definition) is 1. The molecule has 0 aliphatic carbocycles. The Morgan fingerprint density at radius 2 is 1.90 bits per heavy atom. The summed E-state index contributed by atoms with van der Waals surface area (Å²) in [6, 6.07) is 11.2. The Morgan fingerprint density at radius 3 is 2.62 bits per heavy atom. The summed E-state index contributed by atoms with van der Waals surface area (Å²) in [5, 5.41) is 3.26. The Kier molecular flexibility index (Phi) is 5.28. The van der Waals surface area contributed by atoms with Crippen molar-refractivity contribution in [2.75, 3.05) is 13.7 Å². The topological polar surface area (TPSA) is 21.3 Å². The Balaban J connectivity index is 2.44. The molecule has 1 unspecified atom stereocenters. The first-order valence-corrected chi connectivity index (χ1v) is 6.98. The Labute approximate surface area is 123 Å². The fraction of sp³-hybridized carbons (Fsp3) is 0.294. The lowest BCUT2D eigenvalue weighted by Crippen LogP contribution is -2.24. The number of methoxy groups -OCH3 is 1. The van der Waals surface area contributed by atoms with E-state index in [-0.39, 0.29) is 0 Å². The maximum Gasteiger partial charge on any atom is 0.163 e. The van der Waals surface area contributed by atoms with Crippen molar-refractivity contribution in [3.63, 3.8) is 0 Å². The zero-order chi connectivity index (χ0) is 15.2. The highest BCUT2D eigenvalue weighted by atomic mass is 19.2. The summed E-state index contributed by atoms with van der Waals surface area (Å²) >= 11 is 0. The molecule has 0 bridgehead atoms. The van der Waals surface area contributed by atoms with Gasteiger partial charge in [-0.15, -0.1) is 0 Å². The van der Waals surface area contributed by atoms with Crippen molar-refractivity contribution in [3.8, 4) is 5.75 Å². The van der Waals surface area contributed by atoms with E-state index in [1.165, 1.54) is 6.07 Å². The van der Waals surface area contributed by atoms with Crippen LogP contribution >= 0.6 is 0 Å². The van der Waals surface area contributed by atoms with E-state index in [1.54, 1.807) is 13.2 Å². The van der Waals surface area contributed by atoms with Crippen molar-refractivity contribution >= 4 is 0 Å². The van der Waals surface area contributed by atoms with Crippen LogP contribution in [0.5, 0.6) is 5.75 Å². The summed E-state index contributed by atoms with van der Waals surface area (Å²) in [5.74, 6) is -0.958. The minimum Gasteiger partial charge on any atom is -0.497 e. The van der Waals surface area contributed by atoms with Crippen molar-refractivity contribution in [3.05, 3.63) is 65.2 Å². The van der Waals surface area contributed by atoms with Crippen molar-refractivity contribution in [2.45, 2.75) is 19.4 Å². The number of benzene rings is 2. The molecule has 0 spiro atoms. The molecule has 0 heterocycles. The van der Waals surface area contributed by atoms with Gasteiger partial charge in [-0.05, 0) is 36.7 Å². The molecule has 0 amide bonds. The van der Waals surface area contributed by atoms with E-state index < -0.39 is 17.7 Å². The third-order valence-corrected chi connectivity index (χ3v) is 3.32. The van der Waals surface area contributed by atoms with Gasteiger partial charge >= 0.3 is 0 Å². The fourth-order valence-corrected chi connectivity index (χ4v) is 2.26. The number of ether oxygens (including phenoxy) is 1. The zero-order valence-electron chi connectivity index (χ0n) is 12.2. The molecule has 1 N–H and O–H groups in total. The summed E-state index contributed by atoms with van der Waals surface area (Å²) in [4.78, 5) is 0. The number of nitrogens with one attached hydrogen (secondary N) is 1. The monoisotopic (exact) mass is 291 g/mol. The molecule has 1 atom stereocenters. The standard InChI is InChI=1S/C17H19F2NO/c1-3-10-20-17(12-6-4-7-13(11-12)21-2)14-8-5-9-15(18)16(14)19/h4-9,11,17,20H,3,10H2,1-2H3. The largest absolute Gasteiger partial charge is 0.497 e. The second-order valence-electron chi connectivity index (χ2n) is 4.81. The number of rotatable bonds is 6. The van der Waals surface area contributed by atoms with Gasteiger partial charge < -0.3 is 10.1 Å². The Bertz CT molecular complexity index is 601. The number of hydrogen-bond acceptors (Lipinski definition) is 2. The average molecular weight is 291 g/mol. The fourth-order valence-electron chi connectivity index (χ4n) is 2.26. The molecule has 4 heteroatoms. The van der Waals surface area contributed by atoms with Crippen LogP contribution in [0.15, 0.2) is 42.5 Å². The van der Waals surface area contributed by atoms with Crippen LogP contribution in [0.25, 0.3) is 0 Å². The summed E-state index contributed by atoms with van der Waals surface area (Å²) in [6.45, 7) is 2.73. The van der Waals surface area contributed by atoms with E-state index in [1.807, 2.05) is 31.2 Å². The molecule has 2 aromatic carbocycles. The first-order valence-electron chi connectivity index (χ1n) is 6.98. The highest BCUT2D eigenvalue weighted by molar-refractivity contribution is 5.37. The lowest BCUT2D eigenvalue weighted by atomic mass is 9.97. The molecule has 2 aromatic rings. The predicted octanol–water partition coefficient (Wildman–Crippen LogP) is 4.06. The molecule has 0 aliphatic rings. The summed E-state index contributed by atoms with van der Waals surface area (Å²) in [7, 11) is 1.58. The van der Waals surface area contributed by atoms with E-state index in [2.05, 4.69) is 5.32 Å². The second-order valence-corrected chi connectivity index (χ2v) is 4.81. The molecule has 112 valence electrons. The third-order valence-electron chi connectivity index (χ3n) is 3.32. The molecule has 0 saturated carbocycles. The molecule has 2 rings (SSSR count). The molecule has 0 aliphatic heterocycles. The van der Waals surface area contributed by atoms with Gasteiger partial charge in [0.25, 0.3) is 0 Å². The van der Waals surface area contributed by atoms with Gasteiger partial charge in [0.05, 0.1) is 13.2 Å². The smallest absolute Gasteiger partial charge is 0.163 e. The molecule has 0 saturated heterocycles. The third kappa shape index (κ3) is 3.58. The van der Waals surface area contributed by atoms with E-state index in [4.69, 9.17) is 4.74 Å². The molecular formula is C17H19F2NO. The SMILES string of the molecule is CCCNC(c1cccc(OC)c1)c1cccc(F)c1F. The molecule has 0 aromatic heterocycles. The predicted molar refractivity (Wildman–Crippen MR) is 79.5 cm³/mol. The quantitative estimate of drug-likeness (QED) is 0.866. The molecular weight excluding hydrogens is 272 g/mol. The molecule has 0 radical (unpaired) electrons. The van der Waals surface area contributed by atoms with Gasteiger partial charge in [0.1, 0.15) is 5.75 Å². The minimum atomic E-state index is -0.835. The maximum absolute atomic E-state index is 14.1. The second kappa shape index (κ2) is 7.18. The van der Waals surface area contributed by atoms with Crippen LogP contribution in [-0.4, -0.2) is 13.7 Å². The summed E-state index contributed by atoms with van der Waals surface area (Å²) < 4.78 is 32.8. The van der Waals surface area contributed by atoms with Crippen molar-refractivity contribution in [1.29, 1.82) is 0 Å². The van der Waals surface area contributed by atoms with Gasteiger partial charge in [-0.2, -0.15) is 0 Å². The van der Waals surface area contributed by atoms with Crippen molar-refractivity contribution in [2.24, 2.45) is 0 Å². The van der Waals surface area contributed by atoms with Crippen LogP contribution in [-0.2, 0) is 0 Å². The van der Waals surface area contributed by atoms with E-state index in [0.717, 1.165) is 18.1 Å². The van der Waals surface area contributed by atoms with E-state index in [9.17, 15) is 8.78 Å². The molecule has 2 nitrogen and oxygen atoms in total. The van der Waals surface area contributed by atoms with Crippen LogP contribution in [0.2, 0.25) is 0 Å². The highest BCUT2D eigenvalue weighted by Gasteiger charge is 2.19. The lowest BCUT2D eigenvalue weighted by molar-refractivity contribution is 0.413. The maximum atomic E-state index is 14.1. The minimum absolute atomic E-state index is 0.303. The zero-order valence-corrected chi connectivity index (χ0v) is 12.2. The van der Waals surface area contributed by atoms with Gasteiger partial charge in [0.2, 0.25) is 0 Å². The van der Waals surface area contributed by atoms with Crippen molar-refractivity contribution < 1.29 is 13.5 Å².